The van der Waals surface area contributed by atoms with Crippen LogP contribution in [0.5, 0.6) is 0 Å². The minimum atomic E-state index is -0.574. The van der Waals surface area contributed by atoms with Crippen LogP contribution in [-0.2, 0) is 19.2 Å². The molecule has 4 rings (SSSR count). The highest BCUT2D eigenvalue weighted by molar-refractivity contribution is 5.90. The zero-order valence-corrected chi connectivity index (χ0v) is 16.8. The summed E-state index contributed by atoms with van der Waals surface area (Å²) in [6.07, 6.45) is 0.753. The fourth-order valence-electron chi connectivity index (χ4n) is 3.61. The third-order valence-electron chi connectivity index (χ3n) is 5.39. The number of carbonyl (C=O) groups is 3. The van der Waals surface area contributed by atoms with Crippen molar-refractivity contribution >= 4 is 29.3 Å². The predicted octanol–water partition coefficient (Wildman–Crippen LogP) is 1.91. The molecule has 1 aromatic carbocycles. The van der Waals surface area contributed by atoms with E-state index < -0.39 is 18.0 Å². The van der Waals surface area contributed by atoms with E-state index in [4.69, 9.17) is 9.57 Å². The molecule has 170 valence electrons. The summed E-state index contributed by atoms with van der Waals surface area (Å²) >= 11 is 0. The number of ether oxygens (including phenoxy) is 1. The van der Waals surface area contributed by atoms with Crippen LogP contribution >= 0.6 is 0 Å². The van der Waals surface area contributed by atoms with Crippen molar-refractivity contribution in [1.82, 2.24) is 10.4 Å². The lowest BCUT2D eigenvalue weighted by molar-refractivity contribution is -0.183. The van der Waals surface area contributed by atoms with Crippen molar-refractivity contribution in [3.05, 3.63) is 24.0 Å². The van der Waals surface area contributed by atoms with E-state index in [1.54, 1.807) is 12.1 Å². The Morgan fingerprint density at radius 2 is 2.00 bits per heavy atom. The Morgan fingerprint density at radius 3 is 2.68 bits per heavy atom. The second kappa shape index (κ2) is 9.51. The van der Waals surface area contributed by atoms with Gasteiger partial charge in [0, 0.05) is 25.9 Å². The summed E-state index contributed by atoms with van der Waals surface area (Å²) in [4.78, 5) is 44.1. The Hall–Kier alpha value is -2.88. The van der Waals surface area contributed by atoms with Gasteiger partial charge in [0.05, 0.1) is 37.6 Å². The average Bonchev–Trinajstić information content (AvgIpc) is 3.52. The normalized spacial score (nSPS) is 21.3. The summed E-state index contributed by atoms with van der Waals surface area (Å²) in [5.74, 6) is -0.595. The number of carbonyl (C=O) groups excluding carboxylic acids is 3. The zero-order valence-electron chi connectivity index (χ0n) is 16.8. The lowest BCUT2D eigenvalue weighted by atomic mass is 10.2. The van der Waals surface area contributed by atoms with Crippen molar-refractivity contribution in [3.63, 3.8) is 0 Å². The molecule has 2 heterocycles. The molecule has 0 aromatic heterocycles. The lowest BCUT2D eigenvalue weighted by Crippen LogP contribution is -2.35. The molecule has 1 atom stereocenters. The van der Waals surface area contributed by atoms with Gasteiger partial charge >= 0.3 is 6.09 Å². The Balaban J connectivity index is 0.00000272. The Morgan fingerprint density at radius 1 is 1.23 bits per heavy atom. The average molecular weight is 436 g/mol. The number of benzene rings is 1. The van der Waals surface area contributed by atoms with Gasteiger partial charge < -0.3 is 15.0 Å². The highest BCUT2D eigenvalue weighted by Crippen LogP contribution is 2.32. The summed E-state index contributed by atoms with van der Waals surface area (Å²) in [7, 11) is 0. The molecular weight excluding hydrogens is 407 g/mol. The fourth-order valence-corrected chi connectivity index (χ4v) is 3.61. The molecular formula is C21H29FN4O5. The van der Waals surface area contributed by atoms with Gasteiger partial charge in [-0.1, -0.05) is 7.43 Å². The van der Waals surface area contributed by atoms with Crippen LogP contribution in [0, 0.1) is 11.7 Å². The van der Waals surface area contributed by atoms with E-state index in [1.165, 1.54) is 23.0 Å². The van der Waals surface area contributed by atoms with Crippen molar-refractivity contribution in [3.8, 4) is 0 Å². The van der Waals surface area contributed by atoms with Crippen LogP contribution < -0.4 is 15.1 Å². The number of cyclic esters (lactones) is 1. The highest BCUT2D eigenvalue weighted by atomic mass is 19.1. The molecule has 1 aromatic rings. The standard InChI is InChI=1S/C20H25FN4O5.CH4/c1-13(26)22-11-16-12-24(20(28)30-16)15-4-5-18(17(21)10-15)23-6-7-25(29-9-8-23)19(27)14-2-3-14;/h4-5,10,14,16H,2-3,6-9,11-12H2,1H3,(H,22,26);1H4/t16-;/m0./s1. The number of nitrogens with zero attached hydrogens (tertiary/aromatic N) is 3. The van der Waals surface area contributed by atoms with E-state index in [1.807, 2.05) is 4.90 Å². The first-order chi connectivity index (χ1) is 14.4. The molecule has 3 fully saturated rings. The molecule has 0 radical (unpaired) electrons. The van der Waals surface area contributed by atoms with Crippen molar-refractivity contribution < 1.29 is 28.3 Å². The lowest BCUT2D eigenvalue weighted by Gasteiger charge is -2.24. The molecule has 0 spiro atoms. The van der Waals surface area contributed by atoms with Crippen LogP contribution in [0.15, 0.2) is 18.2 Å². The maximum Gasteiger partial charge on any atom is 0.414 e. The second-order valence-electron chi connectivity index (χ2n) is 7.72. The van der Waals surface area contributed by atoms with Crippen LogP contribution in [0.4, 0.5) is 20.6 Å². The van der Waals surface area contributed by atoms with Gasteiger partial charge in [-0.05, 0) is 31.0 Å². The fraction of sp³-hybridized carbons (Fsp3) is 0.571. The minimum Gasteiger partial charge on any atom is -0.442 e. The van der Waals surface area contributed by atoms with Crippen molar-refractivity contribution in [2.24, 2.45) is 5.92 Å². The first-order valence-electron chi connectivity index (χ1n) is 10.1. The summed E-state index contributed by atoms with van der Waals surface area (Å²) in [5, 5.41) is 4.01. The van der Waals surface area contributed by atoms with E-state index in [0.29, 0.717) is 37.6 Å². The second-order valence-corrected chi connectivity index (χ2v) is 7.72. The highest BCUT2D eigenvalue weighted by Gasteiger charge is 2.35. The first-order valence-corrected chi connectivity index (χ1v) is 10.1. The molecule has 0 bridgehead atoms. The van der Waals surface area contributed by atoms with Gasteiger partial charge in [-0.25, -0.2) is 14.2 Å². The van der Waals surface area contributed by atoms with Crippen molar-refractivity contribution in [1.29, 1.82) is 0 Å². The number of hydroxylamine groups is 2. The number of anilines is 2. The number of hydrogen-bond donors (Lipinski definition) is 1. The number of nitrogens with one attached hydrogen (secondary N) is 1. The molecule has 1 saturated carbocycles. The minimum absolute atomic E-state index is 0. The zero-order chi connectivity index (χ0) is 21.3. The first kappa shape index (κ1) is 22.8. The molecule has 9 nitrogen and oxygen atoms in total. The molecule has 31 heavy (non-hydrogen) atoms. The molecule has 0 unspecified atom stereocenters. The summed E-state index contributed by atoms with van der Waals surface area (Å²) < 4.78 is 20.1. The Bertz CT molecular complexity index is 847. The van der Waals surface area contributed by atoms with Crippen LogP contribution in [0.2, 0.25) is 0 Å². The van der Waals surface area contributed by atoms with E-state index in [2.05, 4.69) is 5.32 Å². The maximum atomic E-state index is 14.9. The smallest absolute Gasteiger partial charge is 0.414 e. The van der Waals surface area contributed by atoms with Gasteiger partial charge in [0.25, 0.3) is 0 Å². The van der Waals surface area contributed by atoms with Gasteiger partial charge in [-0.2, -0.15) is 0 Å². The van der Waals surface area contributed by atoms with Crippen molar-refractivity contribution in [2.75, 3.05) is 49.1 Å². The summed E-state index contributed by atoms with van der Waals surface area (Å²) in [6.45, 7) is 3.41. The van der Waals surface area contributed by atoms with Crippen LogP contribution in [-0.4, -0.2) is 68.4 Å². The predicted molar refractivity (Wildman–Crippen MR) is 112 cm³/mol. The molecule has 3 aliphatic rings. The van der Waals surface area contributed by atoms with Crippen LogP contribution in [0.25, 0.3) is 0 Å². The molecule has 1 aliphatic carbocycles. The van der Waals surface area contributed by atoms with E-state index in [0.717, 1.165) is 12.8 Å². The summed E-state index contributed by atoms with van der Waals surface area (Å²) in [5.41, 5.74) is 0.786. The van der Waals surface area contributed by atoms with E-state index >= 15 is 0 Å². The van der Waals surface area contributed by atoms with Crippen molar-refractivity contribution in [2.45, 2.75) is 33.3 Å². The number of amides is 3. The number of halogens is 1. The SMILES string of the molecule is C.CC(=O)NC[C@H]1CN(c2ccc(N3CCON(C(=O)C4CC4)CC3)c(F)c2)C(=O)O1. The number of rotatable bonds is 5. The number of hydrogen-bond acceptors (Lipinski definition) is 6. The topological polar surface area (TPSA) is 91.4 Å². The Labute approximate surface area is 181 Å². The van der Waals surface area contributed by atoms with Gasteiger partial charge in [-0.15, -0.1) is 0 Å². The third kappa shape index (κ3) is 5.25. The monoisotopic (exact) mass is 436 g/mol. The summed E-state index contributed by atoms with van der Waals surface area (Å²) in [6, 6.07) is 4.59. The molecule has 2 aliphatic heterocycles. The van der Waals surface area contributed by atoms with E-state index in [-0.39, 0.29) is 38.2 Å². The molecule has 1 N–H and O–H groups in total. The van der Waals surface area contributed by atoms with Crippen LogP contribution in [0.1, 0.15) is 27.2 Å². The molecule has 10 heteroatoms. The van der Waals surface area contributed by atoms with Gasteiger partial charge in [0.15, 0.2) is 0 Å². The third-order valence-corrected chi connectivity index (χ3v) is 5.39. The van der Waals surface area contributed by atoms with E-state index in [9.17, 15) is 18.8 Å². The van der Waals surface area contributed by atoms with Gasteiger partial charge in [0.2, 0.25) is 11.8 Å². The Kier molecular flexibility index (Phi) is 6.99. The molecule has 2 saturated heterocycles. The van der Waals surface area contributed by atoms with Crippen LogP contribution in [0.3, 0.4) is 0 Å². The maximum absolute atomic E-state index is 14.9. The largest absolute Gasteiger partial charge is 0.442 e. The van der Waals surface area contributed by atoms with Gasteiger partial charge in [-0.3, -0.25) is 19.3 Å². The molecule has 3 amide bonds. The quantitative estimate of drug-likeness (QED) is 0.758. The van der Waals surface area contributed by atoms with Gasteiger partial charge in [0.1, 0.15) is 11.9 Å².